The highest BCUT2D eigenvalue weighted by Gasteiger charge is 2.25. The van der Waals surface area contributed by atoms with E-state index in [1.165, 1.54) is 4.68 Å². The van der Waals surface area contributed by atoms with Crippen molar-refractivity contribution in [3.8, 4) is 0 Å². The van der Waals surface area contributed by atoms with Crippen molar-refractivity contribution in [3.63, 3.8) is 0 Å². The number of nitrogens with one attached hydrogen (secondary N) is 1. The van der Waals surface area contributed by atoms with E-state index in [2.05, 4.69) is 15.3 Å². The molecule has 0 aromatic carbocycles. The summed E-state index contributed by atoms with van der Waals surface area (Å²) in [4.78, 5) is 27.4. The number of nitrogens with zero attached hydrogens (tertiary/aromatic N) is 4. The van der Waals surface area contributed by atoms with Gasteiger partial charge in [-0.25, -0.2) is 4.68 Å². The summed E-state index contributed by atoms with van der Waals surface area (Å²) in [6, 6.07) is 3.36. The van der Waals surface area contributed by atoms with Crippen LogP contribution in [0.1, 0.15) is 12.8 Å². The second-order valence-corrected chi connectivity index (χ2v) is 6.10. The van der Waals surface area contributed by atoms with Crippen molar-refractivity contribution in [2.24, 2.45) is 13.0 Å². The number of piperidine rings is 1. The van der Waals surface area contributed by atoms with Crippen LogP contribution >= 0.6 is 0 Å². The van der Waals surface area contributed by atoms with E-state index in [-0.39, 0.29) is 11.5 Å². The number of piperazine rings is 1. The zero-order chi connectivity index (χ0) is 15.5. The van der Waals surface area contributed by atoms with Crippen molar-refractivity contribution in [1.29, 1.82) is 0 Å². The molecule has 2 fully saturated rings. The first-order valence-corrected chi connectivity index (χ1v) is 7.91. The van der Waals surface area contributed by atoms with Crippen LogP contribution in [0.25, 0.3) is 0 Å². The van der Waals surface area contributed by atoms with Crippen molar-refractivity contribution < 1.29 is 4.79 Å². The molecule has 1 N–H and O–H groups in total. The van der Waals surface area contributed by atoms with Gasteiger partial charge in [-0.05, 0) is 24.8 Å². The molecule has 7 heteroatoms. The average Bonchev–Trinajstić information content (AvgIpc) is 2.53. The summed E-state index contributed by atoms with van der Waals surface area (Å²) in [7, 11) is 1.68. The second kappa shape index (κ2) is 6.48. The molecule has 22 heavy (non-hydrogen) atoms. The summed E-state index contributed by atoms with van der Waals surface area (Å²) in [5, 5.41) is 7.41. The third kappa shape index (κ3) is 3.30. The molecule has 3 heterocycles. The Morgan fingerprint density at radius 3 is 2.68 bits per heavy atom. The fraction of sp³-hybridized carbons (Fsp3) is 0.667. The zero-order valence-corrected chi connectivity index (χ0v) is 13.0. The van der Waals surface area contributed by atoms with Gasteiger partial charge in [-0.2, -0.15) is 5.10 Å². The summed E-state index contributed by atoms with van der Waals surface area (Å²) in [6.07, 6.45) is 2.11. The quantitative estimate of drug-likeness (QED) is 0.810. The number of amides is 1. The van der Waals surface area contributed by atoms with Gasteiger partial charge in [-0.15, -0.1) is 0 Å². The Hall–Kier alpha value is -1.89. The van der Waals surface area contributed by atoms with Crippen molar-refractivity contribution in [2.45, 2.75) is 12.8 Å². The average molecular weight is 305 g/mol. The summed E-state index contributed by atoms with van der Waals surface area (Å²) in [5.74, 6) is 1.64. The molecule has 0 unspecified atom stereocenters. The summed E-state index contributed by atoms with van der Waals surface area (Å²) in [6.45, 7) is 4.91. The predicted molar refractivity (Wildman–Crippen MR) is 83.9 cm³/mol. The van der Waals surface area contributed by atoms with Gasteiger partial charge < -0.3 is 15.1 Å². The Kier molecular flexibility index (Phi) is 4.42. The molecule has 2 saturated heterocycles. The second-order valence-electron chi connectivity index (χ2n) is 6.10. The first-order valence-electron chi connectivity index (χ1n) is 7.91. The van der Waals surface area contributed by atoms with E-state index in [0.717, 1.165) is 51.4 Å². The molecule has 0 atom stereocenters. The number of anilines is 1. The molecular formula is C15H23N5O2. The number of hydrogen-bond acceptors (Lipinski definition) is 5. The Morgan fingerprint density at radius 1 is 1.23 bits per heavy atom. The lowest BCUT2D eigenvalue weighted by molar-refractivity contribution is -0.132. The van der Waals surface area contributed by atoms with Crippen LogP contribution in [0.15, 0.2) is 16.9 Å². The SMILES string of the molecule is Cn1nc(N2CCC(CN3CCNCC3=O)CC2)ccc1=O. The molecule has 1 aromatic heterocycles. The Bertz CT molecular complexity index is 592. The molecule has 3 rings (SSSR count). The molecule has 2 aliphatic rings. The molecule has 0 aliphatic carbocycles. The third-order valence-electron chi connectivity index (χ3n) is 4.55. The molecule has 120 valence electrons. The van der Waals surface area contributed by atoms with Gasteiger partial charge in [-0.3, -0.25) is 9.59 Å². The predicted octanol–water partition coefficient (Wildman–Crippen LogP) is -0.571. The maximum Gasteiger partial charge on any atom is 0.266 e. The van der Waals surface area contributed by atoms with E-state index in [9.17, 15) is 9.59 Å². The topological polar surface area (TPSA) is 70.5 Å². The van der Waals surface area contributed by atoms with Crippen LogP contribution in [0.5, 0.6) is 0 Å². The first-order chi connectivity index (χ1) is 10.6. The van der Waals surface area contributed by atoms with Gasteiger partial charge in [-0.1, -0.05) is 0 Å². The zero-order valence-electron chi connectivity index (χ0n) is 13.0. The minimum Gasteiger partial charge on any atom is -0.355 e. The number of carbonyl (C=O) groups is 1. The number of aryl methyl sites for hydroxylation is 1. The van der Waals surface area contributed by atoms with Crippen molar-refractivity contribution in [1.82, 2.24) is 20.0 Å². The van der Waals surface area contributed by atoms with Crippen LogP contribution in [0.2, 0.25) is 0 Å². The normalized spacial score (nSPS) is 20.5. The van der Waals surface area contributed by atoms with Crippen LogP contribution in [-0.2, 0) is 11.8 Å². The van der Waals surface area contributed by atoms with E-state index < -0.39 is 0 Å². The summed E-state index contributed by atoms with van der Waals surface area (Å²) >= 11 is 0. The molecule has 7 nitrogen and oxygen atoms in total. The monoisotopic (exact) mass is 305 g/mol. The molecule has 1 amide bonds. The molecule has 2 aliphatic heterocycles. The van der Waals surface area contributed by atoms with Crippen LogP contribution < -0.4 is 15.8 Å². The molecule has 0 spiro atoms. The van der Waals surface area contributed by atoms with E-state index in [1.54, 1.807) is 19.2 Å². The molecular weight excluding hydrogens is 282 g/mol. The van der Waals surface area contributed by atoms with Gasteiger partial charge >= 0.3 is 0 Å². The maximum absolute atomic E-state index is 11.8. The summed E-state index contributed by atoms with van der Waals surface area (Å²) in [5.41, 5.74) is -0.0872. The van der Waals surface area contributed by atoms with E-state index >= 15 is 0 Å². The first kappa shape index (κ1) is 15.0. The van der Waals surface area contributed by atoms with Gasteiger partial charge in [0.2, 0.25) is 5.91 Å². The molecule has 0 radical (unpaired) electrons. The fourth-order valence-corrected chi connectivity index (χ4v) is 3.15. The number of carbonyl (C=O) groups excluding carboxylic acids is 1. The lowest BCUT2D eigenvalue weighted by atomic mass is 9.96. The van der Waals surface area contributed by atoms with Crippen molar-refractivity contribution >= 4 is 11.7 Å². The number of aromatic nitrogens is 2. The molecule has 0 saturated carbocycles. The molecule has 1 aromatic rings. The smallest absolute Gasteiger partial charge is 0.266 e. The Balaban J connectivity index is 1.54. The Morgan fingerprint density at radius 2 is 2.00 bits per heavy atom. The van der Waals surface area contributed by atoms with Gasteiger partial charge in [0, 0.05) is 45.8 Å². The lowest BCUT2D eigenvalue weighted by Crippen LogP contribution is -2.50. The Labute approximate surface area is 129 Å². The highest BCUT2D eigenvalue weighted by molar-refractivity contribution is 5.79. The van der Waals surface area contributed by atoms with Crippen LogP contribution in [0.3, 0.4) is 0 Å². The largest absolute Gasteiger partial charge is 0.355 e. The van der Waals surface area contributed by atoms with E-state index in [1.807, 2.05) is 4.90 Å². The highest BCUT2D eigenvalue weighted by atomic mass is 16.2. The minimum absolute atomic E-state index is 0.0872. The van der Waals surface area contributed by atoms with Crippen molar-refractivity contribution in [3.05, 3.63) is 22.5 Å². The third-order valence-corrected chi connectivity index (χ3v) is 4.55. The fourth-order valence-electron chi connectivity index (χ4n) is 3.15. The standard InChI is InChI=1S/C15H23N5O2/c1-18-14(21)3-2-13(17-18)19-7-4-12(5-8-19)11-20-9-6-16-10-15(20)22/h2-3,12,16H,4-11H2,1H3. The van der Waals surface area contributed by atoms with Gasteiger partial charge in [0.15, 0.2) is 0 Å². The van der Waals surface area contributed by atoms with Gasteiger partial charge in [0.05, 0.1) is 6.54 Å². The number of rotatable bonds is 3. The van der Waals surface area contributed by atoms with Crippen LogP contribution in [-0.4, -0.2) is 59.9 Å². The van der Waals surface area contributed by atoms with Crippen LogP contribution in [0, 0.1) is 5.92 Å². The number of hydrogen-bond donors (Lipinski definition) is 1. The summed E-state index contributed by atoms with van der Waals surface area (Å²) < 4.78 is 1.38. The van der Waals surface area contributed by atoms with Crippen molar-refractivity contribution in [2.75, 3.05) is 44.2 Å². The minimum atomic E-state index is -0.0872. The van der Waals surface area contributed by atoms with Crippen LogP contribution in [0.4, 0.5) is 5.82 Å². The van der Waals surface area contributed by atoms with Gasteiger partial charge in [0.25, 0.3) is 5.56 Å². The molecule has 0 bridgehead atoms. The van der Waals surface area contributed by atoms with E-state index in [0.29, 0.717) is 12.5 Å². The highest BCUT2D eigenvalue weighted by Crippen LogP contribution is 2.22. The maximum atomic E-state index is 11.8. The van der Waals surface area contributed by atoms with E-state index in [4.69, 9.17) is 0 Å². The van der Waals surface area contributed by atoms with Gasteiger partial charge in [0.1, 0.15) is 5.82 Å². The lowest BCUT2D eigenvalue weighted by Gasteiger charge is -2.36.